The van der Waals surface area contributed by atoms with Crippen molar-refractivity contribution in [2.45, 2.75) is 38.9 Å². The second-order valence-electron chi connectivity index (χ2n) is 4.43. The molecule has 1 aliphatic rings. The highest BCUT2D eigenvalue weighted by Crippen LogP contribution is 2.27. The summed E-state index contributed by atoms with van der Waals surface area (Å²) in [7, 11) is -0.998. The molecule has 0 radical (unpaired) electrons. The van der Waals surface area contributed by atoms with E-state index in [2.05, 4.69) is 32.3 Å². The minimum absolute atomic E-state index is 0.998. The summed E-state index contributed by atoms with van der Waals surface area (Å²) in [5.41, 5.74) is 1.34. The lowest BCUT2D eigenvalue weighted by atomic mass is 10.0. The van der Waals surface area contributed by atoms with Crippen LogP contribution in [0.2, 0.25) is 19.6 Å². The van der Waals surface area contributed by atoms with Crippen LogP contribution in [0.15, 0.2) is 23.4 Å². The van der Waals surface area contributed by atoms with Crippen molar-refractivity contribution in [1.29, 1.82) is 0 Å². The van der Waals surface area contributed by atoms with Crippen molar-refractivity contribution in [3.63, 3.8) is 0 Å². The molecule has 1 rings (SSSR count). The molecule has 0 fully saturated rings. The Labute approximate surface area is 71.0 Å². The molecular formula is C10H18Si. The highest BCUT2D eigenvalue weighted by molar-refractivity contribution is 6.83. The van der Waals surface area contributed by atoms with E-state index in [9.17, 15) is 0 Å². The van der Waals surface area contributed by atoms with Gasteiger partial charge < -0.3 is 0 Å². The normalized spacial score (nSPS) is 19.9. The van der Waals surface area contributed by atoms with Gasteiger partial charge in [0.15, 0.2) is 0 Å². The molecule has 0 atom stereocenters. The maximum Gasteiger partial charge on any atom is 0.0724 e. The van der Waals surface area contributed by atoms with Gasteiger partial charge in [0.05, 0.1) is 8.07 Å². The molecule has 0 aromatic heterocycles. The molecule has 0 saturated carbocycles. The summed E-state index contributed by atoms with van der Waals surface area (Å²) in [6, 6.07) is 0. The molecule has 0 aliphatic heterocycles. The van der Waals surface area contributed by atoms with E-state index in [1.54, 1.807) is 5.20 Å². The summed E-state index contributed by atoms with van der Waals surface area (Å²) in [4.78, 5) is 0. The topological polar surface area (TPSA) is 0 Å². The molecule has 0 aromatic carbocycles. The molecule has 0 N–H and O–H groups in total. The SMILES string of the molecule is C=C1C=C([Si](C)(C)C)CCC1. The summed E-state index contributed by atoms with van der Waals surface area (Å²) in [5.74, 6) is 0. The third-order valence-corrected chi connectivity index (χ3v) is 4.61. The van der Waals surface area contributed by atoms with Crippen LogP contribution in [-0.4, -0.2) is 8.07 Å². The minimum Gasteiger partial charge on any atom is -0.0958 e. The Bertz CT molecular complexity index is 193. The highest BCUT2D eigenvalue weighted by Gasteiger charge is 2.20. The molecule has 0 amide bonds. The maximum atomic E-state index is 4.02. The van der Waals surface area contributed by atoms with Crippen LogP contribution in [0, 0.1) is 0 Å². The summed E-state index contributed by atoms with van der Waals surface area (Å²) in [6.45, 7) is 11.3. The minimum atomic E-state index is -0.998. The zero-order valence-electron chi connectivity index (χ0n) is 7.91. The molecule has 0 unspecified atom stereocenters. The molecule has 0 heterocycles. The standard InChI is InChI=1S/C10H18Si/c1-9-6-5-7-10(8-9)11(2,3)4/h8H,1,5-7H2,2-4H3. The van der Waals surface area contributed by atoms with E-state index < -0.39 is 8.07 Å². The van der Waals surface area contributed by atoms with Gasteiger partial charge in [-0.05, 0) is 19.3 Å². The van der Waals surface area contributed by atoms with Crippen LogP contribution in [0.3, 0.4) is 0 Å². The van der Waals surface area contributed by atoms with Gasteiger partial charge in [0.25, 0.3) is 0 Å². The van der Waals surface area contributed by atoms with Crippen LogP contribution in [0.4, 0.5) is 0 Å². The molecule has 0 bridgehead atoms. The number of rotatable bonds is 1. The zero-order chi connectivity index (χ0) is 8.48. The van der Waals surface area contributed by atoms with E-state index in [0.29, 0.717) is 0 Å². The van der Waals surface area contributed by atoms with Crippen LogP contribution in [-0.2, 0) is 0 Å². The highest BCUT2D eigenvalue weighted by atomic mass is 28.3. The lowest BCUT2D eigenvalue weighted by Gasteiger charge is -2.24. The van der Waals surface area contributed by atoms with Gasteiger partial charge in [-0.15, -0.1) is 0 Å². The Morgan fingerprint density at radius 3 is 2.27 bits per heavy atom. The van der Waals surface area contributed by atoms with Crippen molar-refractivity contribution in [2.24, 2.45) is 0 Å². The number of allylic oxidation sites excluding steroid dienone is 3. The molecule has 0 nitrogen and oxygen atoms in total. The first kappa shape index (κ1) is 8.79. The first-order chi connectivity index (χ1) is 5.00. The average molecular weight is 166 g/mol. The van der Waals surface area contributed by atoms with Crippen LogP contribution < -0.4 is 0 Å². The fourth-order valence-electron chi connectivity index (χ4n) is 1.49. The van der Waals surface area contributed by atoms with Gasteiger partial charge in [0.1, 0.15) is 0 Å². The van der Waals surface area contributed by atoms with Crippen LogP contribution in [0.1, 0.15) is 19.3 Å². The largest absolute Gasteiger partial charge is 0.0958 e. The van der Waals surface area contributed by atoms with Gasteiger partial charge in [0, 0.05) is 0 Å². The van der Waals surface area contributed by atoms with Crippen LogP contribution >= 0.6 is 0 Å². The molecular weight excluding hydrogens is 148 g/mol. The van der Waals surface area contributed by atoms with Gasteiger partial charge in [0.2, 0.25) is 0 Å². The smallest absolute Gasteiger partial charge is 0.0724 e. The van der Waals surface area contributed by atoms with E-state index in [1.807, 2.05) is 0 Å². The van der Waals surface area contributed by atoms with Crippen molar-refractivity contribution in [3.05, 3.63) is 23.4 Å². The van der Waals surface area contributed by atoms with E-state index in [-0.39, 0.29) is 0 Å². The summed E-state index contributed by atoms with van der Waals surface area (Å²) in [6.07, 6.45) is 6.22. The molecule has 1 heteroatoms. The van der Waals surface area contributed by atoms with Gasteiger partial charge in [-0.1, -0.05) is 43.1 Å². The van der Waals surface area contributed by atoms with Crippen LogP contribution in [0.5, 0.6) is 0 Å². The second kappa shape index (κ2) is 2.98. The lowest BCUT2D eigenvalue weighted by Crippen LogP contribution is -2.25. The molecule has 0 saturated heterocycles. The maximum absolute atomic E-state index is 4.02. The fraction of sp³-hybridized carbons (Fsp3) is 0.600. The van der Waals surface area contributed by atoms with Crippen molar-refractivity contribution >= 4 is 8.07 Å². The Morgan fingerprint density at radius 1 is 1.27 bits per heavy atom. The molecule has 1 aliphatic carbocycles. The van der Waals surface area contributed by atoms with Crippen molar-refractivity contribution in [1.82, 2.24) is 0 Å². The van der Waals surface area contributed by atoms with E-state index in [1.165, 1.54) is 24.8 Å². The summed E-state index contributed by atoms with van der Waals surface area (Å²) < 4.78 is 0. The van der Waals surface area contributed by atoms with Gasteiger partial charge in [-0.25, -0.2) is 0 Å². The predicted octanol–water partition coefficient (Wildman–Crippen LogP) is 3.53. The monoisotopic (exact) mass is 166 g/mol. The molecule has 0 spiro atoms. The third kappa shape index (κ3) is 2.33. The summed E-state index contributed by atoms with van der Waals surface area (Å²) in [5, 5.41) is 1.70. The molecule has 0 aromatic rings. The van der Waals surface area contributed by atoms with Gasteiger partial charge in [-0.2, -0.15) is 0 Å². The zero-order valence-corrected chi connectivity index (χ0v) is 8.91. The average Bonchev–Trinajstić information content (AvgIpc) is 1.86. The van der Waals surface area contributed by atoms with E-state index in [0.717, 1.165) is 0 Å². The first-order valence-electron chi connectivity index (χ1n) is 4.39. The second-order valence-corrected chi connectivity index (χ2v) is 9.57. The first-order valence-corrected chi connectivity index (χ1v) is 7.89. The Kier molecular flexibility index (Phi) is 2.38. The summed E-state index contributed by atoms with van der Waals surface area (Å²) >= 11 is 0. The Balaban J connectivity index is 2.79. The van der Waals surface area contributed by atoms with Crippen molar-refractivity contribution < 1.29 is 0 Å². The number of hydrogen-bond donors (Lipinski definition) is 0. The Morgan fingerprint density at radius 2 is 1.91 bits per heavy atom. The van der Waals surface area contributed by atoms with Crippen molar-refractivity contribution in [3.8, 4) is 0 Å². The molecule has 62 valence electrons. The van der Waals surface area contributed by atoms with E-state index >= 15 is 0 Å². The van der Waals surface area contributed by atoms with Gasteiger partial charge in [-0.3, -0.25) is 0 Å². The third-order valence-electron chi connectivity index (χ3n) is 2.29. The molecule has 11 heavy (non-hydrogen) atoms. The van der Waals surface area contributed by atoms with Crippen molar-refractivity contribution in [2.75, 3.05) is 0 Å². The van der Waals surface area contributed by atoms with Crippen LogP contribution in [0.25, 0.3) is 0 Å². The Hall–Kier alpha value is -0.303. The lowest BCUT2D eigenvalue weighted by molar-refractivity contribution is 0.807. The number of hydrogen-bond acceptors (Lipinski definition) is 0. The van der Waals surface area contributed by atoms with E-state index in [4.69, 9.17) is 0 Å². The predicted molar refractivity (Wildman–Crippen MR) is 54.4 cm³/mol. The van der Waals surface area contributed by atoms with Gasteiger partial charge >= 0.3 is 0 Å². The quantitative estimate of drug-likeness (QED) is 0.523. The fourth-order valence-corrected chi connectivity index (χ4v) is 3.05.